The molecule has 0 spiro atoms. The predicted octanol–water partition coefficient (Wildman–Crippen LogP) is 2.97. The molecule has 1 aromatic rings. The highest BCUT2D eigenvalue weighted by molar-refractivity contribution is 6.02. The number of carboxylic acid groups (broad SMARTS) is 2. The maximum Gasteiger partial charge on any atom is 0.336 e. The molecule has 2 N–H and O–H groups in total. The minimum absolute atomic E-state index is 0.0292. The van der Waals surface area contributed by atoms with E-state index in [1.165, 1.54) is 32.9 Å². The highest BCUT2D eigenvalue weighted by Crippen LogP contribution is 2.30. The summed E-state index contributed by atoms with van der Waals surface area (Å²) in [5, 5.41) is 19.2. The van der Waals surface area contributed by atoms with Crippen molar-refractivity contribution in [3.63, 3.8) is 0 Å². The van der Waals surface area contributed by atoms with Crippen LogP contribution in [0, 0.1) is 5.41 Å². The maximum atomic E-state index is 12.1. The number of carbonyl (C=O) groups excluding carboxylic acids is 3. The highest BCUT2D eigenvalue weighted by Gasteiger charge is 2.38. The second-order valence-corrected chi connectivity index (χ2v) is 8.20. The lowest BCUT2D eigenvalue weighted by atomic mass is 9.81. The summed E-state index contributed by atoms with van der Waals surface area (Å²) in [7, 11) is 0. The molecule has 0 fully saturated rings. The fourth-order valence-corrected chi connectivity index (χ4v) is 2.89. The van der Waals surface area contributed by atoms with Gasteiger partial charge in [0.25, 0.3) is 0 Å². The van der Waals surface area contributed by atoms with E-state index < -0.39 is 66.2 Å². The standard InChI is InChI=1S/C25H28O10/c1-14(2)22(30)33-11-25(12-34-23(31)15(3)4,13-35-24(32)16(5)6)10-17-8-7-9-18(20(26)27)19(17)21(28)29/h7-9H,1,3,5,10-13H2,2,4,6H3,(H,26,27)(H,28,29). The lowest BCUT2D eigenvalue weighted by Gasteiger charge is -2.33. The average molecular weight is 488 g/mol. The molecule has 0 bridgehead atoms. The molecular formula is C25H28O10. The fourth-order valence-electron chi connectivity index (χ4n) is 2.89. The summed E-state index contributed by atoms with van der Waals surface area (Å²) in [6, 6.07) is 3.84. The lowest BCUT2D eigenvalue weighted by Crippen LogP contribution is -2.42. The Kier molecular flexibility index (Phi) is 10.1. The SMILES string of the molecule is C=C(C)C(=O)OCC(COC(=O)C(=C)C)(COC(=O)C(=C)C)Cc1cccc(C(=O)O)c1C(=O)O. The third-order valence-corrected chi connectivity index (χ3v) is 4.73. The Morgan fingerprint density at radius 3 is 1.46 bits per heavy atom. The van der Waals surface area contributed by atoms with E-state index in [4.69, 9.17) is 14.2 Å². The number of ether oxygens (including phenoxy) is 3. The van der Waals surface area contributed by atoms with Crippen molar-refractivity contribution in [2.24, 2.45) is 5.41 Å². The van der Waals surface area contributed by atoms with Crippen molar-refractivity contribution >= 4 is 29.8 Å². The molecule has 188 valence electrons. The molecule has 35 heavy (non-hydrogen) atoms. The molecule has 0 atom stereocenters. The number of hydrogen-bond donors (Lipinski definition) is 2. The van der Waals surface area contributed by atoms with Gasteiger partial charge in [0.2, 0.25) is 0 Å². The first-order valence-corrected chi connectivity index (χ1v) is 10.3. The first kappa shape index (κ1) is 28.8. The number of esters is 3. The number of rotatable bonds is 13. The van der Waals surface area contributed by atoms with Crippen LogP contribution >= 0.6 is 0 Å². The summed E-state index contributed by atoms with van der Waals surface area (Å²) in [5.74, 6) is -5.34. The van der Waals surface area contributed by atoms with E-state index in [9.17, 15) is 34.2 Å². The molecular weight excluding hydrogens is 460 g/mol. The molecule has 0 radical (unpaired) electrons. The zero-order chi connectivity index (χ0) is 26.9. The van der Waals surface area contributed by atoms with Gasteiger partial charge in [-0.1, -0.05) is 31.9 Å². The highest BCUT2D eigenvalue weighted by atomic mass is 16.6. The molecule has 10 heteroatoms. The zero-order valence-corrected chi connectivity index (χ0v) is 19.8. The van der Waals surface area contributed by atoms with Gasteiger partial charge in [0.1, 0.15) is 19.8 Å². The Hall–Kier alpha value is -4.21. The van der Waals surface area contributed by atoms with Gasteiger partial charge < -0.3 is 24.4 Å². The quantitative estimate of drug-likeness (QED) is 0.241. The van der Waals surface area contributed by atoms with Gasteiger partial charge in [0.05, 0.1) is 16.5 Å². The normalized spacial score (nSPS) is 10.6. The van der Waals surface area contributed by atoms with Gasteiger partial charge in [-0.3, -0.25) is 0 Å². The van der Waals surface area contributed by atoms with Crippen molar-refractivity contribution in [3.05, 3.63) is 71.3 Å². The van der Waals surface area contributed by atoms with Crippen LogP contribution in [-0.2, 0) is 35.0 Å². The molecule has 0 aliphatic carbocycles. The van der Waals surface area contributed by atoms with Crippen molar-refractivity contribution in [1.29, 1.82) is 0 Å². The van der Waals surface area contributed by atoms with E-state index >= 15 is 0 Å². The summed E-state index contributed by atoms with van der Waals surface area (Å²) in [4.78, 5) is 59.9. The Labute approximate surface area is 202 Å². The predicted molar refractivity (Wildman–Crippen MR) is 124 cm³/mol. The number of carbonyl (C=O) groups is 5. The van der Waals surface area contributed by atoms with E-state index in [0.717, 1.165) is 6.07 Å². The van der Waals surface area contributed by atoms with Gasteiger partial charge in [0.15, 0.2) is 0 Å². The minimum Gasteiger partial charge on any atom is -0.478 e. The topological polar surface area (TPSA) is 154 Å². The van der Waals surface area contributed by atoms with Gasteiger partial charge in [-0.2, -0.15) is 0 Å². The molecule has 1 rings (SSSR count). The van der Waals surface area contributed by atoms with E-state index in [1.54, 1.807) is 0 Å². The van der Waals surface area contributed by atoms with E-state index in [-0.39, 0.29) is 28.7 Å². The third-order valence-electron chi connectivity index (χ3n) is 4.73. The van der Waals surface area contributed by atoms with Crippen LogP contribution in [-0.4, -0.2) is 59.9 Å². The second-order valence-electron chi connectivity index (χ2n) is 8.20. The minimum atomic E-state index is -1.51. The van der Waals surface area contributed by atoms with Gasteiger partial charge in [0, 0.05) is 16.7 Å². The van der Waals surface area contributed by atoms with Crippen LogP contribution in [0.2, 0.25) is 0 Å². The van der Waals surface area contributed by atoms with Crippen molar-refractivity contribution in [2.45, 2.75) is 27.2 Å². The fraction of sp³-hybridized carbons (Fsp3) is 0.320. The van der Waals surface area contributed by atoms with Crippen molar-refractivity contribution in [2.75, 3.05) is 19.8 Å². The van der Waals surface area contributed by atoms with Crippen LogP contribution < -0.4 is 0 Å². The van der Waals surface area contributed by atoms with Crippen LogP contribution in [0.5, 0.6) is 0 Å². The van der Waals surface area contributed by atoms with Crippen molar-refractivity contribution in [3.8, 4) is 0 Å². The van der Waals surface area contributed by atoms with Crippen LogP contribution in [0.3, 0.4) is 0 Å². The summed E-state index contributed by atoms with van der Waals surface area (Å²) in [5.41, 5.74) is -2.25. The van der Waals surface area contributed by atoms with Crippen molar-refractivity contribution < 1.29 is 48.4 Å². The average Bonchev–Trinajstić information content (AvgIpc) is 2.78. The van der Waals surface area contributed by atoms with E-state index in [2.05, 4.69) is 19.7 Å². The summed E-state index contributed by atoms with van der Waals surface area (Å²) in [6.07, 6.45) is -0.299. The zero-order valence-electron chi connectivity index (χ0n) is 19.8. The number of benzene rings is 1. The van der Waals surface area contributed by atoms with Gasteiger partial charge in [-0.15, -0.1) is 0 Å². The largest absolute Gasteiger partial charge is 0.478 e. The molecule has 0 aliphatic rings. The van der Waals surface area contributed by atoms with Crippen LogP contribution in [0.1, 0.15) is 47.1 Å². The van der Waals surface area contributed by atoms with Gasteiger partial charge in [-0.05, 0) is 38.8 Å². The molecule has 0 amide bonds. The van der Waals surface area contributed by atoms with Crippen LogP contribution in [0.15, 0.2) is 54.7 Å². The Morgan fingerprint density at radius 2 is 1.14 bits per heavy atom. The molecule has 0 saturated heterocycles. The molecule has 0 heterocycles. The summed E-state index contributed by atoms with van der Waals surface area (Å²) in [6.45, 7) is 13.2. The molecule has 10 nitrogen and oxygen atoms in total. The van der Waals surface area contributed by atoms with E-state index in [1.807, 2.05) is 0 Å². The molecule has 0 unspecified atom stereocenters. The Bertz CT molecular complexity index is 1010. The third kappa shape index (κ3) is 8.26. The Balaban J connectivity index is 3.61. The second kappa shape index (κ2) is 12.3. The molecule has 0 aromatic heterocycles. The number of aromatic carboxylic acids is 2. The smallest absolute Gasteiger partial charge is 0.336 e. The maximum absolute atomic E-state index is 12.1. The molecule has 0 saturated carbocycles. The number of carboxylic acids is 2. The van der Waals surface area contributed by atoms with Crippen LogP contribution in [0.4, 0.5) is 0 Å². The summed E-state index contributed by atoms with van der Waals surface area (Å²) >= 11 is 0. The summed E-state index contributed by atoms with van der Waals surface area (Å²) < 4.78 is 15.8. The Morgan fingerprint density at radius 1 is 0.743 bits per heavy atom. The number of hydrogen-bond acceptors (Lipinski definition) is 8. The lowest BCUT2D eigenvalue weighted by molar-refractivity contribution is -0.157. The molecule has 1 aromatic carbocycles. The van der Waals surface area contributed by atoms with Crippen molar-refractivity contribution in [1.82, 2.24) is 0 Å². The first-order valence-electron chi connectivity index (χ1n) is 10.3. The molecule has 0 aliphatic heterocycles. The van der Waals surface area contributed by atoms with Gasteiger partial charge >= 0.3 is 29.8 Å². The van der Waals surface area contributed by atoms with E-state index in [0.29, 0.717) is 0 Å². The monoisotopic (exact) mass is 488 g/mol. The first-order chi connectivity index (χ1) is 16.2. The van der Waals surface area contributed by atoms with Crippen LogP contribution in [0.25, 0.3) is 0 Å². The van der Waals surface area contributed by atoms with Gasteiger partial charge in [-0.25, -0.2) is 24.0 Å².